The van der Waals surface area contributed by atoms with Crippen molar-refractivity contribution in [3.05, 3.63) is 30.1 Å². The second kappa shape index (κ2) is 10.9. The van der Waals surface area contributed by atoms with Gasteiger partial charge in [-0.15, -0.1) is 0 Å². The van der Waals surface area contributed by atoms with Gasteiger partial charge in [0, 0.05) is 12.4 Å². The lowest BCUT2D eigenvalue weighted by Gasteiger charge is -2.28. The van der Waals surface area contributed by atoms with Gasteiger partial charge in [-0.25, -0.2) is 0 Å². The average molecular weight is 328 g/mol. The van der Waals surface area contributed by atoms with Gasteiger partial charge >= 0.3 is 7.60 Å². The summed E-state index contributed by atoms with van der Waals surface area (Å²) in [4.78, 5) is 4.14. The summed E-state index contributed by atoms with van der Waals surface area (Å²) < 4.78 is 24.6. The molecule has 1 heterocycles. The number of rotatable bonds is 12. The molecule has 1 unspecified atom stereocenters. The summed E-state index contributed by atoms with van der Waals surface area (Å²) in [5.41, 5.74) is 0.842. The highest BCUT2D eigenvalue weighted by Gasteiger charge is 2.37. The highest BCUT2D eigenvalue weighted by atomic mass is 31.2. The summed E-state index contributed by atoms with van der Waals surface area (Å²) in [6.45, 7) is 7.73. The van der Waals surface area contributed by atoms with Gasteiger partial charge in [-0.2, -0.15) is 0 Å². The van der Waals surface area contributed by atoms with Crippen LogP contribution in [0.15, 0.2) is 24.5 Å². The second-order valence-electron chi connectivity index (χ2n) is 5.20. The predicted molar refractivity (Wildman–Crippen MR) is 90.0 cm³/mol. The zero-order valence-electron chi connectivity index (χ0n) is 14.0. The first-order valence-electron chi connectivity index (χ1n) is 8.20. The largest absolute Gasteiger partial charge is 0.352 e. The van der Waals surface area contributed by atoms with Gasteiger partial charge in [0.1, 0.15) is 5.78 Å². The molecule has 1 aromatic heterocycles. The van der Waals surface area contributed by atoms with E-state index in [1.54, 1.807) is 12.4 Å². The molecule has 0 radical (unpaired) electrons. The molecule has 0 saturated heterocycles. The average Bonchev–Trinajstić information content (AvgIpc) is 2.56. The fraction of sp³-hybridized carbons (Fsp3) is 0.688. The predicted octanol–water partition coefficient (Wildman–Crippen LogP) is 4.52. The molecule has 0 aromatic carbocycles. The summed E-state index contributed by atoms with van der Waals surface area (Å²) in [5, 5.41) is 3.34. The zero-order chi connectivity index (χ0) is 16.3. The molecule has 126 valence electrons. The van der Waals surface area contributed by atoms with E-state index >= 15 is 0 Å². The third-order valence-electron chi connectivity index (χ3n) is 3.14. The van der Waals surface area contributed by atoms with E-state index in [1.165, 1.54) is 0 Å². The Morgan fingerprint density at radius 2 is 1.86 bits per heavy atom. The molecule has 0 saturated carbocycles. The molecule has 0 aliphatic rings. The third-order valence-corrected chi connectivity index (χ3v) is 5.33. The van der Waals surface area contributed by atoms with Crippen molar-refractivity contribution in [3.8, 4) is 0 Å². The van der Waals surface area contributed by atoms with Crippen LogP contribution in [0, 0.1) is 0 Å². The number of hydrogen-bond donors (Lipinski definition) is 1. The fourth-order valence-corrected chi connectivity index (χ4v) is 4.11. The maximum absolute atomic E-state index is 13.3. The van der Waals surface area contributed by atoms with Crippen LogP contribution in [0.4, 0.5) is 0 Å². The minimum Gasteiger partial charge on any atom is -0.307 e. The van der Waals surface area contributed by atoms with Crippen LogP contribution in [-0.4, -0.2) is 24.7 Å². The van der Waals surface area contributed by atoms with E-state index in [9.17, 15) is 4.57 Å². The monoisotopic (exact) mass is 328 g/mol. The molecule has 0 amide bonds. The van der Waals surface area contributed by atoms with E-state index in [1.807, 2.05) is 26.0 Å². The molecule has 6 heteroatoms. The van der Waals surface area contributed by atoms with Crippen molar-refractivity contribution in [2.45, 2.75) is 52.2 Å². The van der Waals surface area contributed by atoms with E-state index in [-0.39, 0.29) is 0 Å². The Morgan fingerprint density at radius 3 is 2.36 bits per heavy atom. The molecule has 1 atom stereocenters. The zero-order valence-corrected chi connectivity index (χ0v) is 14.9. The van der Waals surface area contributed by atoms with Gasteiger partial charge < -0.3 is 9.05 Å². The van der Waals surface area contributed by atoms with Crippen molar-refractivity contribution in [1.29, 1.82) is 0 Å². The third kappa shape index (κ3) is 6.17. The van der Waals surface area contributed by atoms with Crippen LogP contribution in [0.25, 0.3) is 0 Å². The minimum absolute atomic E-state index is 0.424. The molecule has 5 nitrogen and oxygen atoms in total. The maximum atomic E-state index is 13.3. The highest BCUT2D eigenvalue weighted by molar-refractivity contribution is 7.54. The van der Waals surface area contributed by atoms with Crippen LogP contribution in [-0.2, 0) is 13.6 Å². The molecule has 0 bridgehead atoms. The van der Waals surface area contributed by atoms with Gasteiger partial charge in [-0.05, 0) is 37.4 Å². The summed E-state index contributed by atoms with van der Waals surface area (Å²) in [7, 11) is -3.28. The fourth-order valence-electron chi connectivity index (χ4n) is 1.99. The molecule has 0 aliphatic heterocycles. The molecule has 0 spiro atoms. The number of hydrogen-bond acceptors (Lipinski definition) is 5. The van der Waals surface area contributed by atoms with Crippen molar-refractivity contribution in [3.63, 3.8) is 0 Å². The first kappa shape index (κ1) is 19.3. The Labute approximate surface area is 134 Å². The molecule has 1 aromatic rings. The lowest BCUT2D eigenvalue weighted by Crippen LogP contribution is -2.25. The first-order valence-corrected chi connectivity index (χ1v) is 9.81. The number of nitrogens with one attached hydrogen (secondary N) is 1. The smallest absolute Gasteiger partial charge is 0.307 e. The van der Waals surface area contributed by atoms with Crippen LogP contribution < -0.4 is 5.32 Å². The maximum Gasteiger partial charge on any atom is 0.352 e. The second-order valence-corrected chi connectivity index (χ2v) is 7.32. The van der Waals surface area contributed by atoms with Gasteiger partial charge in [-0.1, -0.05) is 33.3 Å². The molecular formula is C16H29N2O3P. The van der Waals surface area contributed by atoms with Gasteiger partial charge in [-0.3, -0.25) is 14.9 Å². The Morgan fingerprint density at radius 1 is 1.18 bits per heavy atom. The Kier molecular flexibility index (Phi) is 9.56. The summed E-state index contributed by atoms with van der Waals surface area (Å²) in [5.74, 6) is -0.467. The number of aromatic nitrogens is 1. The standard InChI is InChI=1S/C16H29N2O3P/c1-4-7-11-18-16(15-9-8-10-17-14-15)22(19,20-12-5-2)21-13-6-3/h8-10,14,16,18H,4-7,11-13H2,1-3H3. The van der Waals surface area contributed by atoms with Crippen LogP contribution in [0.5, 0.6) is 0 Å². The van der Waals surface area contributed by atoms with Crippen LogP contribution in [0.3, 0.4) is 0 Å². The van der Waals surface area contributed by atoms with Gasteiger partial charge in [0.2, 0.25) is 0 Å². The molecule has 22 heavy (non-hydrogen) atoms. The van der Waals surface area contributed by atoms with Crippen molar-refractivity contribution in [2.24, 2.45) is 0 Å². The van der Waals surface area contributed by atoms with E-state index in [4.69, 9.17) is 9.05 Å². The lowest BCUT2D eigenvalue weighted by molar-refractivity contribution is 0.193. The Hall–Kier alpha value is -0.740. The summed E-state index contributed by atoms with van der Waals surface area (Å²) in [6.07, 6.45) is 7.11. The number of pyridine rings is 1. The van der Waals surface area contributed by atoms with Crippen molar-refractivity contribution >= 4 is 7.60 Å². The molecule has 0 fully saturated rings. The summed E-state index contributed by atoms with van der Waals surface area (Å²) >= 11 is 0. The van der Waals surface area contributed by atoms with Gasteiger partial charge in [0.15, 0.2) is 0 Å². The highest BCUT2D eigenvalue weighted by Crippen LogP contribution is 2.59. The summed E-state index contributed by atoms with van der Waals surface area (Å²) in [6, 6.07) is 3.75. The van der Waals surface area contributed by atoms with Gasteiger partial charge in [0.25, 0.3) is 0 Å². The molecule has 0 aliphatic carbocycles. The normalized spacial score (nSPS) is 13.2. The van der Waals surface area contributed by atoms with Crippen LogP contribution >= 0.6 is 7.60 Å². The Bertz CT molecular complexity index is 430. The van der Waals surface area contributed by atoms with Crippen LogP contribution in [0.1, 0.15) is 57.8 Å². The molecule has 1 N–H and O–H groups in total. The molecular weight excluding hydrogens is 299 g/mol. The Balaban J connectivity index is 2.98. The van der Waals surface area contributed by atoms with Crippen molar-refractivity contribution < 1.29 is 13.6 Å². The van der Waals surface area contributed by atoms with Crippen LogP contribution in [0.2, 0.25) is 0 Å². The van der Waals surface area contributed by atoms with E-state index in [2.05, 4.69) is 17.2 Å². The lowest BCUT2D eigenvalue weighted by atomic mass is 10.2. The van der Waals surface area contributed by atoms with Crippen molar-refractivity contribution in [2.75, 3.05) is 19.8 Å². The van der Waals surface area contributed by atoms with E-state index in [0.29, 0.717) is 13.2 Å². The quantitative estimate of drug-likeness (QED) is 0.452. The van der Waals surface area contributed by atoms with Gasteiger partial charge in [0.05, 0.1) is 13.2 Å². The van der Waals surface area contributed by atoms with E-state index in [0.717, 1.165) is 37.8 Å². The van der Waals surface area contributed by atoms with Crippen molar-refractivity contribution in [1.82, 2.24) is 10.3 Å². The van der Waals surface area contributed by atoms with E-state index < -0.39 is 13.4 Å². The number of unbranched alkanes of at least 4 members (excludes halogenated alkanes) is 1. The topological polar surface area (TPSA) is 60.5 Å². The number of nitrogens with zero attached hydrogens (tertiary/aromatic N) is 1. The minimum atomic E-state index is -3.28. The SMILES string of the molecule is CCCCNC(c1cccnc1)P(=O)(OCCC)OCCC. The molecule has 1 rings (SSSR count). The first-order chi connectivity index (χ1) is 10.7.